The Hall–Kier alpha value is -3.64. The topological polar surface area (TPSA) is 79.7 Å². The van der Waals surface area contributed by atoms with Crippen LogP contribution < -0.4 is 9.64 Å². The summed E-state index contributed by atoms with van der Waals surface area (Å²) >= 11 is 6.00. The van der Waals surface area contributed by atoms with Crippen molar-refractivity contribution in [2.24, 2.45) is 0 Å². The molecule has 1 unspecified atom stereocenters. The molecule has 5 rings (SSSR count). The van der Waals surface area contributed by atoms with E-state index in [1.165, 1.54) is 4.90 Å². The Morgan fingerprint density at radius 2 is 1.90 bits per heavy atom. The van der Waals surface area contributed by atoms with E-state index in [-0.39, 0.29) is 11.3 Å². The number of ether oxygens (including phenoxy) is 1. The summed E-state index contributed by atoms with van der Waals surface area (Å²) in [4.78, 5) is 31.9. The molecule has 154 valence electrons. The fourth-order valence-electron chi connectivity index (χ4n) is 4.01. The maximum Gasteiger partial charge on any atom is 0.300 e. The number of ketones is 1. The Morgan fingerprint density at radius 1 is 1.10 bits per heavy atom. The molecular formula is C24H17ClN2O4. The molecule has 0 aliphatic carbocycles. The second kappa shape index (κ2) is 7.56. The van der Waals surface area contributed by atoms with Gasteiger partial charge in [-0.05, 0) is 60.2 Å². The molecule has 6 nitrogen and oxygen atoms in total. The molecule has 0 saturated carbocycles. The van der Waals surface area contributed by atoms with Crippen LogP contribution in [-0.2, 0) is 16.0 Å². The van der Waals surface area contributed by atoms with Crippen LogP contribution in [0, 0.1) is 0 Å². The summed E-state index contributed by atoms with van der Waals surface area (Å²) in [5.41, 5.74) is 2.37. The van der Waals surface area contributed by atoms with E-state index in [1.54, 1.807) is 66.9 Å². The third-order valence-corrected chi connectivity index (χ3v) is 5.73. The molecule has 1 saturated heterocycles. The lowest BCUT2D eigenvalue weighted by molar-refractivity contribution is -0.132. The largest absolute Gasteiger partial charge is 0.507 e. The molecular weight excluding hydrogens is 416 g/mol. The number of halogens is 1. The van der Waals surface area contributed by atoms with E-state index in [2.05, 4.69) is 4.98 Å². The van der Waals surface area contributed by atoms with Gasteiger partial charge in [0.05, 0.1) is 17.9 Å². The van der Waals surface area contributed by atoms with Gasteiger partial charge in [-0.25, -0.2) is 0 Å². The van der Waals surface area contributed by atoms with Crippen molar-refractivity contribution < 1.29 is 19.4 Å². The van der Waals surface area contributed by atoms with Gasteiger partial charge in [0.15, 0.2) is 0 Å². The van der Waals surface area contributed by atoms with Crippen molar-refractivity contribution in [1.82, 2.24) is 4.98 Å². The number of aromatic nitrogens is 1. The van der Waals surface area contributed by atoms with Crippen molar-refractivity contribution in [3.8, 4) is 5.75 Å². The second-order valence-electron chi connectivity index (χ2n) is 7.32. The summed E-state index contributed by atoms with van der Waals surface area (Å²) < 4.78 is 5.52. The first-order valence-corrected chi connectivity index (χ1v) is 10.2. The van der Waals surface area contributed by atoms with Crippen molar-refractivity contribution in [3.63, 3.8) is 0 Å². The Morgan fingerprint density at radius 3 is 2.65 bits per heavy atom. The van der Waals surface area contributed by atoms with Gasteiger partial charge < -0.3 is 9.84 Å². The Kier molecular flexibility index (Phi) is 4.71. The molecule has 3 aromatic rings. The minimum atomic E-state index is -0.869. The third-order valence-electron chi connectivity index (χ3n) is 5.48. The van der Waals surface area contributed by atoms with E-state index in [4.69, 9.17) is 16.3 Å². The summed E-state index contributed by atoms with van der Waals surface area (Å²) in [5.74, 6) is -0.969. The minimum Gasteiger partial charge on any atom is -0.507 e. The molecule has 2 aliphatic rings. The van der Waals surface area contributed by atoms with Crippen molar-refractivity contribution in [3.05, 3.63) is 94.3 Å². The van der Waals surface area contributed by atoms with E-state index in [1.807, 2.05) is 0 Å². The highest BCUT2D eigenvalue weighted by molar-refractivity contribution is 6.51. The monoisotopic (exact) mass is 432 g/mol. The number of nitrogens with zero attached hydrogens (tertiary/aromatic N) is 2. The Labute approximate surface area is 183 Å². The first kappa shape index (κ1) is 19.3. The van der Waals surface area contributed by atoms with E-state index in [0.29, 0.717) is 28.6 Å². The maximum absolute atomic E-state index is 13.1. The first-order valence-electron chi connectivity index (χ1n) is 9.78. The normalized spacial score (nSPS) is 19.4. The average Bonchev–Trinajstić information content (AvgIpc) is 3.37. The number of amides is 1. The molecule has 1 amide bonds. The number of carbonyl (C=O) groups is 2. The number of anilines is 1. The molecule has 31 heavy (non-hydrogen) atoms. The van der Waals surface area contributed by atoms with Crippen LogP contribution in [0.4, 0.5) is 5.69 Å². The fourth-order valence-corrected chi connectivity index (χ4v) is 4.13. The van der Waals surface area contributed by atoms with Gasteiger partial charge in [-0.3, -0.25) is 19.5 Å². The summed E-state index contributed by atoms with van der Waals surface area (Å²) in [6.07, 6.45) is 2.31. The van der Waals surface area contributed by atoms with E-state index in [9.17, 15) is 14.7 Å². The number of hydrogen-bond acceptors (Lipinski definition) is 5. The van der Waals surface area contributed by atoms with Gasteiger partial charge in [-0.15, -0.1) is 0 Å². The zero-order chi connectivity index (χ0) is 21.5. The quantitative estimate of drug-likeness (QED) is 0.379. The number of carbonyl (C=O) groups excluding carboxylic acids is 2. The third kappa shape index (κ3) is 3.25. The average molecular weight is 433 g/mol. The van der Waals surface area contributed by atoms with Crippen LogP contribution in [0.3, 0.4) is 0 Å². The first-order chi connectivity index (χ1) is 15.0. The summed E-state index contributed by atoms with van der Waals surface area (Å²) in [6, 6.07) is 16.2. The molecule has 7 heteroatoms. The number of Topliss-reactive ketones (excluding diaryl/α,β-unsaturated/α-hetero) is 1. The van der Waals surface area contributed by atoms with Crippen molar-refractivity contribution in [1.29, 1.82) is 0 Å². The lowest BCUT2D eigenvalue weighted by Crippen LogP contribution is -2.29. The molecule has 1 atom stereocenters. The number of rotatable bonds is 3. The van der Waals surface area contributed by atoms with Crippen molar-refractivity contribution in [2.75, 3.05) is 11.5 Å². The summed E-state index contributed by atoms with van der Waals surface area (Å²) in [7, 11) is 0. The van der Waals surface area contributed by atoms with Crippen LogP contribution >= 0.6 is 11.6 Å². The summed E-state index contributed by atoms with van der Waals surface area (Å²) in [5, 5.41) is 11.7. The maximum atomic E-state index is 13.1. The van der Waals surface area contributed by atoms with Crippen molar-refractivity contribution in [2.45, 2.75) is 12.5 Å². The lowest BCUT2D eigenvalue weighted by Gasteiger charge is -2.24. The number of hydrogen-bond donors (Lipinski definition) is 1. The van der Waals surface area contributed by atoms with Gasteiger partial charge in [-0.2, -0.15) is 0 Å². The number of fused-ring (bicyclic) bond motifs is 1. The Bertz CT molecular complexity index is 1220. The number of aliphatic hydroxyl groups excluding tert-OH is 1. The van der Waals surface area contributed by atoms with E-state index >= 15 is 0 Å². The second-order valence-corrected chi connectivity index (χ2v) is 7.76. The predicted molar refractivity (Wildman–Crippen MR) is 116 cm³/mol. The molecule has 0 bridgehead atoms. The zero-order valence-electron chi connectivity index (χ0n) is 16.3. The summed E-state index contributed by atoms with van der Waals surface area (Å²) in [6.45, 7) is 0.578. The van der Waals surface area contributed by atoms with Gasteiger partial charge in [0.1, 0.15) is 17.6 Å². The predicted octanol–water partition coefficient (Wildman–Crippen LogP) is 4.30. The van der Waals surface area contributed by atoms with Crippen LogP contribution in [0.25, 0.3) is 5.76 Å². The minimum absolute atomic E-state index is 0.00230. The molecule has 1 aromatic heterocycles. The standard InChI is InChI=1S/C24H17ClN2O4/c25-16-5-7-17(8-6-16)27-21(18-3-1-2-11-26-18)20(23(29)24(27)30)22(28)15-4-9-19-14(13-15)10-12-31-19/h1-9,11,13,21,28H,10,12H2/b22-20-. The van der Waals surface area contributed by atoms with Gasteiger partial charge in [-0.1, -0.05) is 17.7 Å². The number of aliphatic hydroxyl groups is 1. The smallest absolute Gasteiger partial charge is 0.300 e. The highest BCUT2D eigenvalue weighted by Crippen LogP contribution is 2.42. The number of pyridine rings is 1. The Balaban J connectivity index is 1.69. The lowest BCUT2D eigenvalue weighted by atomic mass is 9.97. The highest BCUT2D eigenvalue weighted by Gasteiger charge is 2.47. The van der Waals surface area contributed by atoms with Crippen LogP contribution in [0.2, 0.25) is 5.02 Å². The molecule has 0 radical (unpaired) electrons. The molecule has 0 spiro atoms. The van der Waals surface area contributed by atoms with Gasteiger partial charge >= 0.3 is 0 Å². The zero-order valence-corrected chi connectivity index (χ0v) is 17.0. The van der Waals surface area contributed by atoms with Crippen molar-refractivity contribution >= 4 is 34.7 Å². The van der Waals surface area contributed by atoms with Gasteiger partial charge in [0.2, 0.25) is 0 Å². The van der Waals surface area contributed by atoms with Crippen LogP contribution in [-0.4, -0.2) is 28.4 Å². The van der Waals surface area contributed by atoms with E-state index in [0.717, 1.165) is 17.7 Å². The molecule has 2 aromatic carbocycles. The fraction of sp³-hybridized carbons (Fsp3) is 0.125. The molecule has 1 fully saturated rings. The van der Waals surface area contributed by atoms with E-state index < -0.39 is 17.7 Å². The highest BCUT2D eigenvalue weighted by atomic mass is 35.5. The molecule has 2 aliphatic heterocycles. The number of benzene rings is 2. The molecule has 1 N–H and O–H groups in total. The van der Waals surface area contributed by atoms with Crippen LogP contribution in [0.5, 0.6) is 5.75 Å². The van der Waals surface area contributed by atoms with Gasteiger partial charge in [0.25, 0.3) is 11.7 Å². The van der Waals surface area contributed by atoms with Crippen LogP contribution in [0.1, 0.15) is 22.9 Å². The van der Waals surface area contributed by atoms with Crippen LogP contribution in [0.15, 0.2) is 72.4 Å². The van der Waals surface area contributed by atoms with Gasteiger partial charge in [0, 0.05) is 28.9 Å². The SMILES string of the molecule is O=C1C(=O)N(c2ccc(Cl)cc2)C(c2ccccn2)/C1=C(/O)c1ccc2c(c1)CCO2. The molecule has 3 heterocycles.